The number of rotatable bonds is 7. The summed E-state index contributed by atoms with van der Waals surface area (Å²) in [5.41, 5.74) is 3.49. The van der Waals surface area contributed by atoms with Gasteiger partial charge in [0, 0.05) is 11.0 Å². The number of nitrogens with zero attached hydrogens (tertiary/aromatic N) is 2. The predicted octanol–water partition coefficient (Wildman–Crippen LogP) is 3.99. The fraction of sp³-hybridized carbons (Fsp3) is 0.533. The summed E-state index contributed by atoms with van der Waals surface area (Å²) >= 11 is 3.60. The quantitative estimate of drug-likeness (QED) is 0.835. The molecule has 0 aliphatic heterocycles. The largest absolute Gasteiger partial charge is 0.345 e. The third-order valence-electron chi connectivity index (χ3n) is 3.33. The topological polar surface area (TPSA) is 31.9 Å². The number of hydrogen-bond acceptors (Lipinski definition) is 2. The summed E-state index contributed by atoms with van der Waals surface area (Å²) in [6.07, 6.45) is 5.29. The number of halogens is 1. The van der Waals surface area contributed by atoms with E-state index >= 15 is 0 Å². The Morgan fingerprint density at radius 1 is 1.16 bits per heavy atom. The van der Waals surface area contributed by atoms with E-state index in [1.807, 2.05) is 0 Å². The van der Waals surface area contributed by atoms with Gasteiger partial charge in [-0.3, -0.25) is 0 Å². The van der Waals surface area contributed by atoms with Crippen molar-refractivity contribution in [2.45, 2.75) is 33.1 Å². The Hall–Kier alpha value is -0.870. The summed E-state index contributed by atoms with van der Waals surface area (Å²) in [6, 6.07) is 4.41. The normalized spacial score (nSPS) is 11.6. The molecule has 0 aliphatic rings. The van der Waals surface area contributed by atoms with Crippen LogP contribution in [0.3, 0.4) is 0 Å². The molecule has 2 aromatic rings. The van der Waals surface area contributed by atoms with Gasteiger partial charge < -0.3 is 9.88 Å². The van der Waals surface area contributed by atoms with Crippen LogP contribution in [0, 0.1) is 0 Å². The lowest BCUT2D eigenvalue weighted by Crippen LogP contribution is -2.27. The van der Waals surface area contributed by atoms with Gasteiger partial charge in [-0.05, 0) is 66.0 Å². The van der Waals surface area contributed by atoms with Gasteiger partial charge in [0.25, 0.3) is 0 Å². The first-order chi connectivity index (χ1) is 9.24. The van der Waals surface area contributed by atoms with Gasteiger partial charge in [0.15, 0.2) is 0 Å². The molecule has 0 unspecified atom stereocenters. The highest BCUT2D eigenvalue weighted by molar-refractivity contribution is 9.10. The van der Waals surface area contributed by atoms with E-state index in [-0.39, 0.29) is 0 Å². The molecule has 0 bridgehead atoms. The molecule has 1 heterocycles. The lowest BCUT2D eigenvalue weighted by molar-refractivity contribution is 0.278. The maximum Gasteiger partial charge on any atom is 0.102 e. The van der Waals surface area contributed by atoms with Crippen molar-refractivity contribution in [3.05, 3.63) is 28.5 Å². The van der Waals surface area contributed by atoms with E-state index in [1.165, 1.54) is 31.5 Å². The first-order valence-electron chi connectivity index (χ1n) is 7.08. The summed E-state index contributed by atoms with van der Waals surface area (Å²) in [5.74, 6) is 0. The van der Waals surface area contributed by atoms with Gasteiger partial charge in [-0.25, -0.2) is 4.98 Å². The fourth-order valence-electron chi connectivity index (χ4n) is 2.46. The summed E-state index contributed by atoms with van der Waals surface area (Å²) in [6.45, 7) is 8.02. The number of imidazole rings is 1. The van der Waals surface area contributed by atoms with Gasteiger partial charge in [-0.1, -0.05) is 13.8 Å². The molecule has 0 atom stereocenters. The van der Waals surface area contributed by atoms with E-state index in [0.29, 0.717) is 0 Å². The predicted molar refractivity (Wildman–Crippen MR) is 84.5 cm³/mol. The van der Waals surface area contributed by atoms with E-state index in [9.17, 15) is 0 Å². The van der Waals surface area contributed by atoms with Crippen LogP contribution in [0.15, 0.2) is 22.9 Å². The van der Waals surface area contributed by atoms with Gasteiger partial charge in [-0.2, -0.15) is 0 Å². The van der Waals surface area contributed by atoms with Crippen LogP contribution < -0.4 is 0 Å². The number of H-pyrrole nitrogens is 1. The van der Waals surface area contributed by atoms with Crippen molar-refractivity contribution in [1.29, 1.82) is 0 Å². The van der Waals surface area contributed by atoms with Crippen LogP contribution in [0.4, 0.5) is 0 Å². The van der Waals surface area contributed by atoms with Crippen molar-refractivity contribution in [2.24, 2.45) is 0 Å². The number of nitrogens with one attached hydrogen (secondary N) is 1. The molecule has 19 heavy (non-hydrogen) atoms. The van der Waals surface area contributed by atoms with Gasteiger partial charge in [0.05, 0.1) is 11.8 Å². The molecule has 0 spiro atoms. The first-order valence-corrected chi connectivity index (χ1v) is 7.87. The molecule has 0 saturated carbocycles. The first kappa shape index (κ1) is 14.5. The van der Waals surface area contributed by atoms with Crippen molar-refractivity contribution in [3.8, 4) is 0 Å². The molecule has 1 N–H and O–H groups in total. The van der Waals surface area contributed by atoms with Crippen molar-refractivity contribution in [2.75, 3.05) is 19.6 Å². The lowest BCUT2D eigenvalue weighted by atomic mass is 10.1. The van der Waals surface area contributed by atoms with Crippen LogP contribution in [-0.4, -0.2) is 34.5 Å². The van der Waals surface area contributed by atoms with Crippen LogP contribution in [0.25, 0.3) is 11.0 Å². The van der Waals surface area contributed by atoms with Crippen molar-refractivity contribution in [1.82, 2.24) is 14.9 Å². The minimum atomic E-state index is 1.02. The molecule has 0 fully saturated rings. The number of benzene rings is 1. The Kier molecular flexibility index (Phi) is 5.40. The zero-order valence-corrected chi connectivity index (χ0v) is 13.3. The molecule has 4 heteroatoms. The third kappa shape index (κ3) is 3.80. The SMILES string of the molecule is CCCN(CCC)CCc1cc(Br)c2nc[nH]c2c1. The Balaban J connectivity index is 2.03. The molecule has 0 radical (unpaired) electrons. The van der Waals surface area contributed by atoms with E-state index < -0.39 is 0 Å². The van der Waals surface area contributed by atoms with E-state index in [0.717, 1.165) is 28.5 Å². The Labute approximate surface area is 123 Å². The standard InChI is InChI=1S/C15H22BrN3/c1-3-6-19(7-4-2)8-5-12-9-13(16)15-14(10-12)17-11-18-15/h9-11H,3-8H2,1-2H3,(H,17,18). The minimum absolute atomic E-state index is 1.02. The highest BCUT2D eigenvalue weighted by Crippen LogP contribution is 2.23. The number of hydrogen-bond donors (Lipinski definition) is 1. The zero-order valence-electron chi connectivity index (χ0n) is 11.7. The number of aromatic amines is 1. The molecule has 1 aromatic carbocycles. The molecular formula is C15H22BrN3. The maximum absolute atomic E-state index is 4.30. The molecule has 0 saturated heterocycles. The maximum atomic E-state index is 4.30. The van der Waals surface area contributed by atoms with Gasteiger partial charge in [0.2, 0.25) is 0 Å². The molecule has 0 amide bonds. The molecule has 1 aromatic heterocycles. The highest BCUT2D eigenvalue weighted by Gasteiger charge is 2.07. The van der Waals surface area contributed by atoms with E-state index in [4.69, 9.17) is 0 Å². The molecular weight excluding hydrogens is 302 g/mol. The summed E-state index contributed by atoms with van der Waals surface area (Å²) < 4.78 is 1.08. The average molecular weight is 324 g/mol. The van der Waals surface area contributed by atoms with Crippen LogP contribution in [-0.2, 0) is 6.42 Å². The Bertz CT molecular complexity index is 515. The summed E-state index contributed by atoms with van der Waals surface area (Å²) in [5, 5.41) is 0. The Morgan fingerprint density at radius 2 is 1.89 bits per heavy atom. The van der Waals surface area contributed by atoms with Crippen molar-refractivity contribution >= 4 is 27.0 Å². The van der Waals surface area contributed by atoms with E-state index in [2.05, 4.69) is 56.8 Å². The molecule has 104 valence electrons. The van der Waals surface area contributed by atoms with E-state index in [1.54, 1.807) is 6.33 Å². The minimum Gasteiger partial charge on any atom is -0.345 e. The lowest BCUT2D eigenvalue weighted by Gasteiger charge is -2.20. The van der Waals surface area contributed by atoms with Gasteiger partial charge in [-0.15, -0.1) is 0 Å². The number of fused-ring (bicyclic) bond motifs is 1. The second-order valence-corrected chi connectivity index (χ2v) is 5.82. The second-order valence-electron chi connectivity index (χ2n) is 4.97. The number of aromatic nitrogens is 2. The van der Waals surface area contributed by atoms with Crippen LogP contribution in [0.2, 0.25) is 0 Å². The van der Waals surface area contributed by atoms with Gasteiger partial charge in [0.1, 0.15) is 5.52 Å². The Morgan fingerprint density at radius 3 is 2.58 bits per heavy atom. The molecule has 2 rings (SSSR count). The summed E-state index contributed by atoms with van der Waals surface area (Å²) in [7, 11) is 0. The molecule has 0 aliphatic carbocycles. The highest BCUT2D eigenvalue weighted by atomic mass is 79.9. The zero-order chi connectivity index (χ0) is 13.7. The smallest absolute Gasteiger partial charge is 0.102 e. The second kappa shape index (κ2) is 7.06. The van der Waals surface area contributed by atoms with Crippen molar-refractivity contribution in [3.63, 3.8) is 0 Å². The van der Waals surface area contributed by atoms with Gasteiger partial charge >= 0.3 is 0 Å². The van der Waals surface area contributed by atoms with Crippen LogP contribution >= 0.6 is 15.9 Å². The van der Waals surface area contributed by atoms with Crippen molar-refractivity contribution < 1.29 is 0 Å². The summed E-state index contributed by atoms with van der Waals surface area (Å²) in [4.78, 5) is 10.0. The van der Waals surface area contributed by atoms with Crippen LogP contribution in [0.5, 0.6) is 0 Å². The third-order valence-corrected chi connectivity index (χ3v) is 3.94. The average Bonchev–Trinajstić information content (AvgIpc) is 2.85. The van der Waals surface area contributed by atoms with Crippen LogP contribution in [0.1, 0.15) is 32.3 Å². The molecule has 3 nitrogen and oxygen atoms in total. The monoisotopic (exact) mass is 323 g/mol. The fourth-order valence-corrected chi connectivity index (χ4v) is 3.07.